The van der Waals surface area contributed by atoms with Crippen molar-refractivity contribution in [3.05, 3.63) is 86.3 Å². The molecule has 188 valence electrons. The summed E-state index contributed by atoms with van der Waals surface area (Å²) in [5.41, 5.74) is -0.763. The van der Waals surface area contributed by atoms with E-state index >= 15 is 0 Å². The molecule has 2 amide bonds. The van der Waals surface area contributed by atoms with Gasteiger partial charge in [0, 0.05) is 23.9 Å². The quantitative estimate of drug-likeness (QED) is 0.198. The molecule has 0 fully saturated rings. The third-order valence-corrected chi connectivity index (χ3v) is 5.49. The van der Waals surface area contributed by atoms with Crippen LogP contribution in [0.15, 0.2) is 63.8 Å². The number of methoxy groups -OCH3 is 1. The molecule has 3 rings (SSSR count). The Bertz CT molecular complexity index is 1350. The van der Waals surface area contributed by atoms with Crippen molar-refractivity contribution in [3.8, 4) is 0 Å². The van der Waals surface area contributed by atoms with Gasteiger partial charge < -0.3 is 19.8 Å². The van der Waals surface area contributed by atoms with Crippen LogP contribution in [0.25, 0.3) is 11.0 Å². The third kappa shape index (κ3) is 6.12. The van der Waals surface area contributed by atoms with Crippen LogP contribution in [0.4, 0.5) is 5.69 Å². The summed E-state index contributed by atoms with van der Waals surface area (Å²) in [7, 11) is 1.21. The fourth-order valence-corrected chi connectivity index (χ4v) is 3.58. The van der Waals surface area contributed by atoms with E-state index in [9.17, 15) is 29.3 Å². The van der Waals surface area contributed by atoms with Crippen LogP contribution in [0.3, 0.4) is 0 Å². The number of nitrogens with one attached hydrogen (secondary N) is 2. The molecule has 0 radical (unpaired) electrons. The van der Waals surface area contributed by atoms with Gasteiger partial charge in [0.2, 0.25) is 5.91 Å². The minimum absolute atomic E-state index is 0.0714. The molecule has 2 aromatic carbocycles. The average molecular weight is 495 g/mol. The molecule has 1 aromatic heterocycles. The summed E-state index contributed by atoms with van der Waals surface area (Å²) in [6.45, 7) is 3.36. The monoisotopic (exact) mass is 495 g/mol. The summed E-state index contributed by atoms with van der Waals surface area (Å²) in [4.78, 5) is 61.2. The molecule has 36 heavy (non-hydrogen) atoms. The van der Waals surface area contributed by atoms with E-state index in [1.54, 1.807) is 38.1 Å². The van der Waals surface area contributed by atoms with E-state index in [1.807, 2.05) is 6.07 Å². The van der Waals surface area contributed by atoms with E-state index in [2.05, 4.69) is 10.6 Å². The minimum atomic E-state index is -1.11. The van der Waals surface area contributed by atoms with Crippen molar-refractivity contribution in [1.82, 2.24) is 10.6 Å². The highest BCUT2D eigenvalue weighted by Crippen LogP contribution is 2.20. The van der Waals surface area contributed by atoms with Gasteiger partial charge in [0.15, 0.2) is 0 Å². The number of non-ortho nitro benzene ring substituents is 1. The fourth-order valence-electron chi connectivity index (χ4n) is 3.58. The van der Waals surface area contributed by atoms with Gasteiger partial charge in [0.1, 0.15) is 23.2 Å². The van der Waals surface area contributed by atoms with Gasteiger partial charge in [-0.1, -0.05) is 44.2 Å². The van der Waals surface area contributed by atoms with Crippen molar-refractivity contribution in [2.75, 3.05) is 7.11 Å². The first-order valence-electron chi connectivity index (χ1n) is 11.1. The van der Waals surface area contributed by atoms with Crippen molar-refractivity contribution in [1.29, 1.82) is 0 Å². The van der Waals surface area contributed by atoms with Gasteiger partial charge in [-0.15, -0.1) is 0 Å². The summed E-state index contributed by atoms with van der Waals surface area (Å²) >= 11 is 0. The largest absolute Gasteiger partial charge is 0.467 e. The Hall–Kier alpha value is -4.54. The number of fused-ring (bicyclic) bond motifs is 1. The molecule has 0 saturated heterocycles. The maximum Gasteiger partial charge on any atom is 0.349 e. The zero-order valence-electron chi connectivity index (χ0n) is 19.8. The van der Waals surface area contributed by atoms with Crippen LogP contribution < -0.4 is 16.3 Å². The van der Waals surface area contributed by atoms with Crippen LogP contribution in [0, 0.1) is 16.0 Å². The van der Waals surface area contributed by atoms with Crippen LogP contribution in [0.5, 0.6) is 0 Å². The number of hydrogen-bond acceptors (Lipinski definition) is 8. The normalized spacial score (nSPS) is 12.6. The second kappa shape index (κ2) is 11.3. The van der Waals surface area contributed by atoms with E-state index in [4.69, 9.17) is 9.15 Å². The van der Waals surface area contributed by atoms with Crippen molar-refractivity contribution in [2.45, 2.75) is 32.4 Å². The number of carbonyl (C=O) groups is 3. The smallest absolute Gasteiger partial charge is 0.349 e. The average Bonchev–Trinajstić information content (AvgIpc) is 2.85. The molecular formula is C25H25N3O8. The van der Waals surface area contributed by atoms with Crippen molar-refractivity contribution < 1.29 is 28.5 Å². The zero-order valence-corrected chi connectivity index (χ0v) is 19.8. The molecule has 11 nitrogen and oxygen atoms in total. The highest BCUT2D eigenvalue weighted by atomic mass is 16.6. The van der Waals surface area contributed by atoms with E-state index < -0.39 is 51.9 Å². The maximum absolute atomic E-state index is 13.1. The van der Waals surface area contributed by atoms with Crippen LogP contribution in [0.2, 0.25) is 0 Å². The lowest BCUT2D eigenvalue weighted by atomic mass is 10.0. The van der Waals surface area contributed by atoms with Gasteiger partial charge in [-0.3, -0.25) is 19.7 Å². The van der Waals surface area contributed by atoms with Gasteiger partial charge in [-0.05, 0) is 23.6 Å². The summed E-state index contributed by atoms with van der Waals surface area (Å²) in [5.74, 6) is -2.62. The Balaban J connectivity index is 1.83. The second-order valence-electron chi connectivity index (χ2n) is 8.40. The molecule has 0 aliphatic carbocycles. The molecule has 2 N–H and O–H groups in total. The Morgan fingerprint density at radius 1 is 1.06 bits per heavy atom. The Morgan fingerprint density at radius 3 is 2.36 bits per heavy atom. The number of nitro groups is 1. The van der Waals surface area contributed by atoms with E-state index in [0.29, 0.717) is 0 Å². The van der Waals surface area contributed by atoms with Gasteiger partial charge in [0.25, 0.3) is 11.6 Å². The molecule has 1 heterocycles. The molecule has 2 atom stereocenters. The highest BCUT2D eigenvalue weighted by molar-refractivity contribution is 6.00. The minimum Gasteiger partial charge on any atom is -0.467 e. The van der Waals surface area contributed by atoms with Gasteiger partial charge in [-0.25, -0.2) is 9.59 Å². The Labute approximate surface area is 205 Å². The first-order chi connectivity index (χ1) is 17.1. The van der Waals surface area contributed by atoms with E-state index in [-0.39, 0.29) is 23.1 Å². The highest BCUT2D eigenvalue weighted by Gasteiger charge is 2.30. The lowest BCUT2D eigenvalue weighted by Crippen LogP contribution is -2.54. The number of benzene rings is 2. The number of amides is 2. The molecule has 3 aromatic rings. The molecule has 0 aliphatic rings. The molecule has 0 saturated carbocycles. The van der Waals surface area contributed by atoms with Crippen molar-refractivity contribution in [3.63, 3.8) is 0 Å². The summed E-state index contributed by atoms with van der Waals surface area (Å²) in [6, 6.07) is 11.7. The SMILES string of the molecule is COC(=O)[C@H](Cc1ccccc1)NC(=O)[C@@H](NC(=O)c1cc2cc([N+](=O)[O-])ccc2oc1=O)C(C)C. The lowest BCUT2D eigenvalue weighted by Gasteiger charge is -2.24. The fraction of sp³-hybridized carbons (Fsp3) is 0.280. The number of nitro benzene ring substituents is 1. The molecule has 0 aliphatic heterocycles. The number of hydrogen-bond donors (Lipinski definition) is 2. The summed E-state index contributed by atoms with van der Waals surface area (Å²) in [5, 5.41) is 16.3. The van der Waals surface area contributed by atoms with Gasteiger partial charge in [0.05, 0.1) is 12.0 Å². The standard InChI is InChI=1S/C25H25N3O8/c1-14(2)21(23(30)26-19(25(32)35-3)11-15-7-5-4-6-8-15)27-22(29)18-13-16-12-17(28(33)34)9-10-20(16)36-24(18)31/h4-10,12-14,19,21H,11H2,1-3H3,(H,26,30)(H,27,29)/t19-,21-/m0/s1. The summed E-state index contributed by atoms with van der Waals surface area (Å²) in [6.07, 6.45) is 0.172. The first kappa shape index (κ1) is 26.1. The van der Waals surface area contributed by atoms with Gasteiger partial charge >= 0.3 is 11.6 Å². The number of rotatable bonds is 9. The van der Waals surface area contributed by atoms with E-state index in [1.165, 1.54) is 31.4 Å². The lowest BCUT2D eigenvalue weighted by molar-refractivity contribution is -0.384. The van der Waals surface area contributed by atoms with Crippen LogP contribution in [-0.4, -0.2) is 41.9 Å². The summed E-state index contributed by atoms with van der Waals surface area (Å²) < 4.78 is 9.94. The first-order valence-corrected chi connectivity index (χ1v) is 11.1. The Morgan fingerprint density at radius 2 is 1.75 bits per heavy atom. The second-order valence-corrected chi connectivity index (χ2v) is 8.40. The molecule has 0 bridgehead atoms. The number of nitrogens with zero attached hydrogens (tertiary/aromatic N) is 1. The number of esters is 1. The van der Waals surface area contributed by atoms with E-state index in [0.717, 1.165) is 5.56 Å². The zero-order chi connectivity index (χ0) is 26.4. The van der Waals surface area contributed by atoms with Crippen LogP contribution >= 0.6 is 0 Å². The predicted molar refractivity (Wildman–Crippen MR) is 129 cm³/mol. The maximum atomic E-state index is 13.1. The Kier molecular flexibility index (Phi) is 8.15. The van der Waals surface area contributed by atoms with Gasteiger partial charge in [-0.2, -0.15) is 0 Å². The molecule has 0 spiro atoms. The third-order valence-electron chi connectivity index (χ3n) is 5.49. The van der Waals surface area contributed by atoms with Crippen molar-refractivity contribution >= 4 is 34.4 Å². The molecule has 0 unspecified atom stereocenters. The molecular weight excluding hydrogens is 470 g/mol. The van der Waals surface area contributed by atoms with Crippen LogP contribution in [0.1, 0.15) is 29.8 Å². The predicted octanol–water partition coefficient (Wildman–Crippen LogP) is 2.36. The topological polar surface area (TPSA) is 158 Å². The number of ether oxygens (including phenoxy) is 1. The van der Waals surface area contributed by atoms with Crippen molar-refractivity contribution in [2.24, 2.45) is 5.92 Å². The number of carbonyl (C=O) groups excluding carboxylic acids is 3. The van der Waals surface area contributed by atoms with Crippen LogP contribution in [-0.2, 0) is 20.7 Å². The molecule has 11 heteroatoms.